The zero-order valence-corrected chi connectivity index (χ0v) is 25.4. The van der Waals surface area contributed by atoms with E-state index in [9.17, 15) is 40.7 Å². The molecule has 4 aromatic rings. The number of ether oxygens (including phenoxy) is 1. The Morgan fingerprint density at radius 1 is 1.13 bits per heavy atom. The average Bonchev–Trinajstić information content (AvgIpc) is 3.83. The van der Waals surface area contributed by atoms with Crippen LogP contribution in [0.3, 0.4) is 0 Å². The first-order valence-electron chi connectivity index (χ1n) is 14.3. The molecule has 2 aromatic carbocycles. The van der Waals surface area contributed by atoms with E-state index in [1.165, 1.54) is 37.4 Å². The fourth-order valence-electron chi connectivity index (χ4n) is 5.27. The average molecular weight is 674 g/mol. The highest BCUT2D eigenvalue weighted by molar-refractivity contribution is 7.93. The minimum absolute atomic E-state index is 0.0406. The molecule has 47 heavy (non-hydrogen) atoms. The van der Waals surface area contributed by atoms with Crippen LogP contribution in [0.1, 0.15) is 41.4 Å². The number of rotatable bonds is 9. The minimum Gasteiger partial charge on any atom is -0.489 e. The fraction of sp³-hybridized carbons (Fsp3) is 0.290. The number of fused-ring (bicyclic) bond motifs is 2. The lowest BCUT2D eigenvalue weighted by Crippen LogP contribution is -2.51. The summed E-state index contributed by atoms with van der Waals surface area (Å²) in [6, 6.07) is 11.0. The molecule has 3 heterocycles. The molecule has 0 radical (unpaired) electrons. The predicted octanol–water partition coefficient (Wildman–Crippen LogP) is 3.66. The highest BCUT2D eigenvalue weighted by Gasteiger charge is 2.57. The van der Waals surface area contributed by atoms with E-state index in [0.717, 1.165) is 24.3 Å². The largest absolute Gasteiger partial charge is 0.489 e. The summed E-state index contributed by atoms with van der Waals surface area (Å²) in [6.07, 6.45) is -3.09. The number of pyridine rings is 2. The van der Waals surface area contributed by atoms with Crippen molar-refractivity contribution >= 4 is 38.4 Å². The molecule has 6 rings (SSSR count). The maximum Gasteiger partial charge on any atom is 0.424 e. The zero-order chi connectivity index (χ0) is 33.9. The number of amides is 2. The van der Waals surface area contributed by atoms with Crippen LogP contribution in [0.2, 0.25) is 0 Å². The second-order valence-corrected chi connectivity index (χ2v) is 13.7. The SMILES string of the molecule is C[C@]1(C(N)=O)COc2c1cc(C(O)(CNC(=O)c1cc(NS(=O)(=O)C3CC3)c3ncccc3c1)C(F)(F)F)nc2-c1ccc(F)cc1. The van der Waals surface area contributed by atoms with E-state index >= 15 is 0 Å². The Morgan fingerprint density at radius 3 is 2.47 bits per heavy atom. The summed E-state index contributed by atoms with van der Waals surface area (Å²) in [7, 11) is -3.80. The number of benzene rings is 2. The standard InChI is InChI=1S/C31H27F4N5O6S/c1-29(28(36)42)15-46-26-21(29)13-23(39-25(26)16-4-6-19(32)7-5-16)30(43,31(33,34)35)14-38-27(41)18-11-17-3-2-10-37-24(17)22(12-18)40-47(44,45)20-8-9-20/h2-7,10-13,20,40,43H,8-9,14-15H2,1H3,(H2,36,42)(H,38,41)/t29-,30?/m0/s1. The molecule has 16 heteroatoms. The van der Waals surface area contributed by atoms with Crippen LogP contribution in [0.25, 0.3) is 22.2 Å². The number of carbonyl (C=O) groups is 2. The van der Waals surface area contributed by atoms with Crippen molar-refractivity contribution in [2.24, 2.45) is 5.73 Å². The van der Waals surface area contributed by atoms with Gasteiger partial charge in [0.05, 0.1) is 28.7 Å². The number of anilines is 1. The first-order chi connectivity index (χ1) is 22.0. The van der Waals surface area contributed by atoms with Crippen molar-refractivity contribution < 1.29 is 45.4 Å². The molecule has 1 aliphatic carbocycles. The summed E-state index contributed by atoms with van der Waals surface area (Å²) in [5.74, 6) is -2.69. The van der Waals surface area contributed by atoms with Crippen LogP contribution >= 0.6 is 0 Å². The number of nitrogens with zero attached hydrogens (tertiary/aromatic N) is 2. The Morgan fingerprint density at radius 2 is 1.83 bits per heavy atom. The third-order valence-corrected chi connectivity index (χ3v) is 10.2. The number of hydrogen-bond donors (Lipinski definition) is 4. The second kappa shape index (κ2) is 11.2. The Kier molecular flexibility index (Phi) is 7.62. The third-order valence-electron chi connectivity index (χ3n) is 8.31. The molecule has 0 saturated heterocycles. The number of primary amides is 1. The molecular formula is C31H27F4N5O6S. The summed E-state index contributed by atoms with van der Waals surface area (Å²) in [4.78, 5) is 34.0. The van der Waals surface area contributed by atoms with Gasteiger partial charge in [0, 0.05) is 28.3 Å². The number of aromatic nitrogens is 2. The normalized spacial score (nSPS) is 19.0. The van der Waals surface area contributed by atoms with E-state index in [1.807, 2.05) is 0 Å². The van der Waals surface area contributed by atoms with E-state index in [1.54, 1.807) is 6.07 Å². The number of carbonyl (C=O) groups excluding carboxylic acids is 2. The topological polar surface area (TPSA) is 174 Å². The van der Waals surface area contributed by atoms with Crippen LogP contribution in [0, 0.1) is 5.82 Å². The maximum atomic E-state index is 14.8. The summed E-state index contributed by atoms with van der Waals surface area (Å²) < 4.78 is 91.4. The Labute approximate surface area is 265 Å². The molecule has 246 valence electrons. The number of aliphatic hydroxyl groups is 1. The lowest BCUT2D eigenvalue weighted by atomic mass is 9.81. The van der Waals surface area contributed by atoms with E-state index < -0.39 is 62.3 Å². The Hall–Kier alpha value is -4.83. The molecule has 2 amide bonds. The molecule has 2 atom stereocenters. The van der Waals surface area contributed by atoms with Crippen molar-refractivity contribution in [3.63, 3.8) is 0 Å². The van der Waals surface area contributed by atoms with Crippen molar-refractivity contribution in [1.82, 2.24) is 15.3 Å². The predicted molar refractivity (Wildman–Crippen MR) is 161 cm³/mol. The van der Waals surface area contributed by atoms with Gasteiger partial charge in [-0.15, -0.1) is 0 Å². The van der Waals surface area contributed by atoms with Gasteiger partial charge in [-0.25, -0.2) is 17.8 Å². The van der Waals surface area contributed by atoms with Gasteiger partial charge in [-0.3, -0.25) is 19.3 Å². The van der Waals surface area contributed by atoms with E-state index in [0.29, 0.717) is 18.2 Å². The molecule has 2 aromatic heterocycles. The van der Waals surface area contributed by atoms with Gasteiger partial charge >= 0.3 is 6.18 Å². The summed E-state index contributed by atoms with van der Waals surface area (Å²) >= 11 is 0. The van der Waals surface area contributed by atoms with Gasteiger partial charge in [0.15, 0.2) is 0 Å². The fourth-order valence-corrected chi connectivity index (χ4v) is 6.65. The third kappa shape index (κ3) is 5.71. The summed E-state index contributed by atoms with van der Waals surface area (Å²) in [5.41, 5.74) is -1.03. The van der Waals surface area contributed by atoms with Crippen molar-refractivity contribution in [2.45, 2.75) is 42.2 Å². The molecule has 0 spiro atoms. The lowest BCUT2D eigenvalue weighted by molar-refractivity contribution is -0.265. The number of nitrogens with one attached hydrogen (secondary N) is 2. The smallest absolute Gasteiger partial charge is 0.424 e. The molecular weight excluding hydrogens is 646 g/mol. The monoisotopic (exact) mass is 673 g/mol. The summed E-state index contributed by atoms with van der Waals surface area (Å²) in [5, 5.41) is 13.1. The minimum atomic E-state index is -5.43. The second-order valence-electron chi connectivity index (χ2n) is 11.7. The lowest BCUT2D eigenvalue weighted by Gasteiger charge is -2.31. The van der Waals surface area contributed by atoms with Gasteiger partial charge in [0.1, 0.15) is 29.3 Å². The van der Waals surface area contributed by atoms with Gasteiger partial charge in [-0.05, 0) is 68.3 Å². The van der Waals surface area contributed by atoms with Crippen molar-refractivity contribution in [1.29, 1.82) is 0 Å². The van der Waals surface area contributed by atoms with Gasteiger partial charge in [0.2, 0.25) is 21.5 Å². The first kappa shape index (κ1) is 32.1. The summed E-state index contributed by atoms with van der Waals surface area (Å²) in [6.45, 7) is -0.411. The van der Waals surface area contributed by atoms with Gasteiger partial charge < -0.3 is 20.9 Å². The van der Waals surface area contributed by atoms with Crippen LogP contribution in [0.5, 0.6) is 5.75 Å². The molecule has 1 aliphatic heterocycles. The molecule has 11 nitrogen and oxygen atoms in total. The van der Waals surface area contributed by atoms with Crippen molar-refractivity contribution in [2.75, 3.05) is 17.9 Å². The molecule has 5 N–H and O–H groups in total. The molecule has 1 saturated carbocycles. The van der Waals surface area contributed by atoms with Gasteiger partial charge in [-0.2, -0.15) is 13.2 Å². The Bertz CT molecular complexity index is 2040. The van der Waals surface area contributed by atoms with Crippen molar-refractivity contribution in [3.05, 3.63) is 83.4 Å². The van der Waals surface area contributed by atoms with Crippen LogP contribution < -0.4 is 20.5 Å². The molecule has 1 fully saturated rings. The van der Waals surface area contributed by atoms with Crippen molar-refractivity contribution in [3.8, 4) is 17.0 Å². The van der Waals surface area contributed by atoms with Gasteiger partial charge in [0.25, 0.3) is 5.91 Å². The molecule has 2 aliphatic rings. The van der Waals surface area contributed by atoms with E-state index in [-0.39, 0.29) is 45.9 Å². The zero-order valence-electron chi connectivity index (χ0n) is 24.6. The van der Waals surface area contributed by atoms with E-state index in [4.69, 9.17) is 10.5 Å². The van der Waals surface area contributed by atoms with Crippen LogP contribution in [-0.2, 0) is 25.8 Å². The maximum absolute atomic E-state index is 14.8. The van der Waals surface area contributed by atoms with Crippen LogP contribution in [0.4, 0.5) is 23.2 Å². The number of nitrogens with two attached hydrogens (primary N) is 1. The Balaban J connectivity index is 1.40. The van der Waals surface area contributed by atoms with Crippen LogP contribution in [-0.4, -0.2) is 59.9 Å². The van der Waals surface area contributed by atoms with E-state index in [2.05, 4.69) is 20.0 Å². The molecule has 0 bridgehead atoms. The highest BCUT2D eigenvalue weighted by Crippen LogP contribution is 2.47. The number of sulfonamides is 1. The number of alkyl halides is 3. The quantitative estimate of drug-likeness (QED) is 0.195. The number of hydrogen-bond acceptors (Lipinski definition) is 8. The van der Waals surface area contributed by atoms with Crippen LogP contribution in [0.15, 0.2) is 60.8 Å². The van der Waals surface area contributed by atoms with Gasteiger partial charge in [-0.1, -0.05) is 6.07 Å². The first-order valence-corrected chi connectivity index (χ1v) is 15.8. The molecule has 1 unspecified atom stereocenters. The number of halogens is 4. The highest BCUT2D eigenvalue weighted by atomic mass is 32.2.